The summed E-state index contributed by atoms with van der Waals surface area (Å²) in [5, 5.41) is 17.9. The van der Waals surface area contributed by atoms with Crippen LogP contribution in [0.1, 0.15) is 5.56 Å². The van der Waals surface area contributed by atoms with Crippen molar-refractivity contribution in [1.29, 1.82) is 5.26 Å². The summed E-state index contributed by atoms with van der Waals surface area (Å²) in [7, 11) is 0. The lowest BCUT2D eigenvalue weighted by molar-refractivity contribution is 1.16. The van der Waals surface area contributed by atoms with E-state index in [-0.39, 0.29) is 0 Å². The molecule has 0 unspecified atom stereocenters. The van der Waals surface area contributed by atoms with Gasteiger partial charge in [-0.1, -0.05) is 182 Å². The summed E-state index contributed by atoms with van der Waals surface area (Å²) in [5.41, 5.74) is 19.3. The number of benzene rings is 11. The molecule has 0 aliphatic rings. The average molecular weight is 981 g/mol. The van der Waals surface area contributed by atoms with E-state index in [0.717, 1.165) is 89.2 Å². The van der Waals surface area contributed by atoms with Crippen LogP contribution in [0.4, 0.5) is 0 Å². The van der Waals surface area contributed by atoms with E-state index in [0.29, 0.717) is 11.4 Å². The third-order valence-electron chi connectivity index (χ3n) is 15.3. The number of para-hydroxylation sites is 4. The Morgan fingerprint density at radius 3 is 1.14 bits per heavy atom. The average Bonchev–Trinajstić information content (AvgIpc) is 4.20. The predicted octanol–water partition coefficient (Wildman–Crippen LogP) is 18.0. The standard InChI is InChI=1S/C71H44N6/c72-45-52-41-51(46-27-29-49(30-28-46)64-44-63(48-15-3-1-4-16-48)73-71(74-64)50-17-5-2-6-18-50)33-38-56(52)47-31-34-53(35-32-47)75-69-39-36-54(76-65-23-11-7-19-57(65)58-20-8-12-24-66(58)76)42-61(69)62-43-55(37-40-70(62)75)77-67-25-13-9-21-59(67)60-22-10-14-26-68(60)77/h1-44H. The van der Waals surface area contributed by atoms with E-state index >= 15 is 0 Å². The zero-order valence-electron chi connectivity index (χ0n) is 41.6. The molecular weight excluding hydrogens is 937 g/mol. The number of rotatable bonds is 8. The van der Waals surface area contributed by atoms with Crippen LogP contribution in [0.25, 0.3) is 139 Å². The van der Waals surface area contributed by atoms with Crippen molar-refractivity contribution in [2.75, 3.05) is 0 Å². The highest BCUT2D eigenvalue weighted by atomic mass is 15.0. The largest absolute Gasteiger partial charge is 0.309 e. The zero-order valence-corrected chi connectivity index (χ0v) is 41.6. The summed E-state index contributed by atoms with van der Waals surface area (Å²) in [5.74, 6) is 0.679. The van der Waals surface area contributed by atoms with Gasteiger partial charge in [-0.15, -0.1) is 0 Å². The molecule has 0 radical (unpaired) electrons. The predicted molar refractivity (Wildman–Crippen MR) is 317 cm³/mol. The van der Waals surface area contributed by atoms with Crippen LogP contribution in [0.2, 0.25) is 0 Å². The van der Waals surface area contributed by atoms with Crippen molar-refractivity contribution >= 4 is 65.4 Å². The summed E-state index contributed by atoms with van der Waals surface area (Å²) in [6.07, 6.45) is 0. The van der Waals surface area contributed by atoms with Crippen LogP contribution in [0.5, 0.6) is 0 Å². The summed E-state index contributed by atoms with van der Waals surface area (Å²) in [6.45, 7) is 0. The third kappa shape index (κ3) is 7.25. The van der Waals surface area contributed by atoms with E-state index in [1.807, 2.05) is 54.6 Å². The van der Waals surface area contributed by atoms with Crippen LogP contribution in [0.15, 0.2) is 267 Å². The van der Waals surface area contributed by atoms with Crippen molar-refractivity contribution in [3.8, 4) is 79.3 Å². The Balaban J connectivity index is 0.809. The molecule has 6 nitrogen and oxygen atoms in total. The molecule has 0 saturated heterocycles. The molecule has 15 rings (SSSR count). The maximum absolute atomic E-state index is 10.7. The van der Waals surface area contributed by atoms with Crippen molar-refractivity contribution in [2.45, 2.75) is 0 Å². The lowest BCUT2D eigenvalue weighted by Crippen LogP contribution is -1.96. The molecule has 0 amide bonds. The molecule has 0 fully saturated rings. The van der Waals surface area contributed by atoms with Crippen LogP contribution < -0.4 is 0 Å². The fraction of sp³-hybridized carbons (Fsp3) is 0. The van der Waals surface area contributed by atoms with Crippen molar-refractivity contribution in [3.63, 3.8) is 0 Å². The molecule has 0 saturated carbocycles. The number of nitriles is 1. The highest BCUT2D eigenvalue weighted by molar-refractivity contribution is 6.14. The van der Waals surface area contributed by atoms with Crippen molar-refractivity contribution < 1.29 is 0 Å². The van der Waals surface area contributed by atoms with Crippen LogP contribution in [0.3, 0.4) is 0 Å². The molecule has 0 bridgehead atoms. The molecule has 0 atom stereocenters. The second kappa shape index (κ2) is 17.8. The number of fused-ring (bicyclic) bond motifs is 9. The third-order valence-corrected chi connectivity index (χ3v) is 15.3. The Bertz CT molecular complexity index is 4510. The van der Waals surface area contributed by atoms with Gasteiger partial charge in [0.05, 0.1) is 56.1 Å². The maximum Gasteiger partial charge on any atom is 0.160 e. The Kier molecular flexibility index (Phi) is 10.2. The maximum atomic E-state index is 10.7. The summed E-state index contributed by atoms with van der Waals surface area (Å²) < 4.78 is 7.17. The Hall–Kier alpha value is -10.6. The van der Waals surface area contributed by atoms with Gasteiger partial charge in [0.2, 0.25) is 0 Å². The first-order valence-electron chi connectivity index (χ1n) is 25.9. The van der Waals surface area contributed by atoms with Gasteiger partial charge in [0.15, 0.2) is 5.82 Å². The minimum atomic E-state index is 0.613. The second-order valence-corrected chi connectivity index (χ2v) is 19.7. The van der Waals surface area contributed by atoms with Gasteiger partial charge in [0, 0.05) is 66.1 Å². The van der Waals surface area contributed by atoms with Gasteiger partial charge in [-0.05, 0) is 107 Å². The number of aromatic nitrogens is 5. The highest BCUT2D eigenvalue weighted by Gasteiger charge is 2.20. The first-order chi connectivity index (χ1) is 38.1. The van der Waals surface area contributed by atoms with Crippen LogP contribution >= 0.6 is 0 Å². The number of hydrogen-bond acceptors (Lipinski definition) is 3. The van der Waals surface area contributed by atoms with E-state index in [1.165, 1.54) is 43.6 Å². The van der Waals surface area contributed by atoms with Gasteiger partial charge in [0.1, 0.15) is 0 Å². The van der Waals surface area contributed by atoms with Crippen molar-refractivity contribution in [1.82, 2.24) is 23.7 Å². The molecule has 0 aliphatic heterocycles. The molecule has 77 heavy (non-hydrogen) atoms. The van der Waals surface area contributed by atoms with Crippen LogP contribution in [-0.4, -0.2) is 23.7 Å². The van der Waals surface area contributed by atoms with Crippen LogP contribution in [0, 0.1) is 11.3 Å². The number of nitrogens with zero attached hydrogens (tertiary/aromatic N) is 6. The van der Waals surface area contributed by atoms with E-state index in [2.05, 4.69) is 232 Å². The fourth-order valence-corrected chi connectivity index (χ4v) is 11.7. The Morgan fingerprint density at radius 2 is 0.649 bits per heavy atom. The van der Waals surface area contributed by atoms with Gasteiger partial charge in [-0.3, -0.25) is 0 Å². The SMILES string of the molecule is N#Cc1cc(-c2ccc(-c3cc(-c4ccccc4)nc(-c4ccccc4)n3)cc2)ccc1-c1ccc(-n2c3ccc(-n4c5ccccc5c5ccccc54)cc3c3cc(-n4c5ccccc5c5ccccc54)ccc32)cc1. The molecule has 4 heterocycles. The van der Waals surface area contributed by atoms with E-state index in [4.69, 9.17) is 9.97 Å². The normalized spacial score (nSPS) is 11.6. The van der Waals surface area contributed by atoms with Crippen molar-refractivity contribution in [2.24, 2.45) is 0 Å². The first-order valence-corrected chi connectivity index (χ1v) is 25.9. The summed E-state index contributed by atoms with van der Waals surface area (Å²) >= 11 is 0. The molecular formula is C71H44N6. The molecule has 6 heteroatoms. The lowest BCUT2D eigenvalue weighted by Gasteiger charge is -2.12. The smallest absolute Gasteiger partial charge is 0.160 e. The molecule has 15 aromatic rings. The van der Waals surface area contributed by atoms with E-state index in [9.17, 15) is 5.26 Å². The molecule has 358 valence electrons. The highest BCUT2D eigenvalue weighted by Crippen LogP contribution is 2.41. The molecule has 0 N–H and O–H groups in total. The summed E-state index contributed by atoms with van der Waals surface area (Å²) in [6, 6.07) is 96.7. The molecule has 4 aromatic heterocycles. The van der Waals surface area contributed by atoms with Gasteiger partial charge in [0.25, 0.3) is 0 Å². The van der Waals surface area contributed by atoms with Gasteiger partial charge in [-0.2, -0.15) is 5.26 Å². The molecule has 0 spiro atoms. The quantitative estimate of drug-likeness (QED) is 0.152. The van der Waals surface area contributed by atoms with Gasteiger partial charge < -0.3 is 13.7 Å². The van der Waals surface area contributed by atoms with Gasteiger partial charge in [-0.25, -0.2) is 9.97 Å². The van der Waals surface area contributed by atoms with E-state index < -0.39 is 0 Å². The van der Waals surface area contributed by atoms with Gasteiger partial charge >= 0.3 is 0 Å². The first kappa shape index (κ1) is 43.9. The Morgan fingerprint density at radius 1 is 0.273 bits per heavy atom. The minimum absolute atomic E-state index is 0.613. The molecule has 0 aliphatic carbocycles. The fourth-order valence-electron chi connectivity index (χ4n) is 11.7. The zero-order chi connectivity index (χ0) is 51.0. The van der Waals surface area contributed by atoms with E-state index in [1.54, 1.807) is 0 Å². The van der Waals surface area contributed by atoms with Crippen molar-refractivity contribution in [3.05, 3.63) is 272 Å². The van der Waals surface area contributed by atoms with Crippen LogP contribution in [-0.2, 0) is 0 Å². The number of hydrogen-bond donors (Lipinski definition) is 0. The minimum Gasteiger partial charge on any atom is -0.309 e. The molecule has 11 aromatic carbocycles. The lowest BCUT2D eigenvalue weighted by atomic mass is 9.94. The second-order valence-electron chi connectivity index (χ2n) is 19.7. The summed E-state index contributed by atoms with van der Waals surface area (Å²) in [4.78, 5) is 10.00. The Labute approximate surface area is 443 Å². The topological polar surface area (TPSA) is 64.4 Å². The monoisotopic (exact) mass is 980 g/mol.